The van der Waals surface area contributed by atoms with E-state index in [9.17, 15) is 13.2 Å². The predicted molar refractivity (Wildman–Crippen MR) is 134 cm³/mol. The van der Waals surface area contributed by atoms with Crippen molar-refractivity contribution >= 4 is 21.6 Å². The van der Waals surface area contributed by atoms with Crippen LogP contribution < -0.4 is 19.1 Å². The van der Waals surface area contributed by atoms with Crippen LogP contribution >= 0.6 is 0 Å². The average molecular weight is 483 g/mol. The van der Waals surface area contributed by atoms with Gasteiger partial charge in [0.15, 0.2) is 0 Å². The molecule has 3 aromatic rings. The summed E-state index contributed by atoms with van der Waals surface area (Å²) in [5.41, 5.74) is 3.58. The van der Waals surface area contributed by atoms with Crippen LogP contribution in [0.4, 0.5) is 5.69 Å². The number of hydrogen-bond donors (Lipinski definition) is 1. The number of nitrogens with one attached hydrogen (secondary N) is 1. The molecule has 0 aliphatic heterocycles. The van der Waals surface area contributed by atoms with Crippen LogP contribution in [-0.4, -0.2) is 40.3 Å². The minimum atomic E-state index is -3.66. The van der Waals surface area contributed by atoms with Gasteiger partial charge in [-0.3, -0.25) is 9.10 Å². The molecule has 0 aliphatic rings. The maximum absolute atomic E-state index is 12.4. The van der Waals surface area contributed by atoms with Gasteiger partial charge in [0.05, 0.1) is 18.5 Å². The van der Waals surface area contributed by atoms with E-state index >= 15 is 0 Å². The highest BCUT2D eigenvalue weighted by molar-refractivity contribution is 7.92. The number of amides is 1. The summed E-state index contributed by atoms with van der Waals surface area (Å²) in [7, 11) is -3.66. The van der Waals surface area contributed by atoms with E-state index in [1.54, 1.807) is 24.3 Å². The van der Waals surface area contributed by atoms with Gasteiger partial charge in [0.1, 0.15) is 31.3 Å². The van der Waals surface area contributed by atoms with Gasteiger partial charge in [-0.05, 0) is 55.3 Å². The summed E-state index contributed by atoms with van der Waals surface area (Å²) >= 11 is 0. The monoisotopic (exact) mass is 482 g/mol. The van der Waals surface area contributed by atoms with E-state index in [1.807, 2.05) is 62.4 Å². The van der Waals surface area contributed by atoms with Gasteiger partial charge in [-0.25, -0.2) is 8.42 Å². The van der Waals surface area contributed by atoms with Gasteiger partial charge >= 0.3 is 0 Å². The first-order valence-corrected chi connectivity index (χ1v) is 12.8. The van der Waals surface area contributed by atoms with Crippen molar-refractivity contribution < 1.29 is 22.7 Å². The molecule has 34 heavy (non-hydrogen) atoms. The van der Waals surface area contributed by atoms with Crippen molar-refractivity contribution in [3.8, 4) is 11.5 Å². The summed E-state index contributed by atoms with van der Waals surface area (Å²) in [6.07, 6.45) is 1.07. The maximum atomic E-state index is 12.4. The van der Waals surface area contributed by atoms with Crippen molar-refractivity contribution in [3.05, 3.63) is 89.5 Å². The third-order valence-electron chi connectivity index (χ3n) is 5.07. The summed E-state index contributed by atoms with van der Waals surface area (Å²) in [4.78, 5) is 12.4. The Kier molecular flexibility index (Phi) is 8.54. The molecule has 1 amide bonds. The zero-order valence-electron chi connectivity index (χ0n) is 19.7. The van der Waals surface area contributed by atoms with Crippen LogP contribution in [0.2, 0.25) is 0 Å². The molecule has 0 saturated heterocycles. The van der Waals surface area contributed by atoms with Crippen LogP contribution in [0.15, 0.2) is 72.8 Å². The minimum absolute atomic E-state index is 0.260. The highest BCUT2D eigenvalue weighted by Crippen LogP contribution is 2.22. The fourth-order valence-electron chi connectivity index (χ4n) is 3.35. The molecule has 0 aromatic heterocycles. The standard InChI is InChI=1S/C26H30N2O5S/c1-20-9-14-25(21(2)17-20)32-16-15-27-26(29)18-28(34(3,30)31)23-10-12-24(13-11-23)33-19-22-7-5-4-6-8-22/h4-14,17H,15-16,18-19H2,1-3H3,(H,27,29). The van der Waals surface area contributed by atoms with E-state index in [4.69, 9.17) is 9.47 Å². The third kappa shape index (κ3) is 7.52. The quantitative estimate of drug-likeness (QED) is 0.420. The predicted octanol–water partition coefficient (Wildman–Crippen LogP) is 3.84. The van der Waals surface area contributed by atoms with Gasteiger partial charge < -0.3 is 14.8 Å². The van der Waals surface area contributed by atoms with E-state index in [2.05, 4.69) is 5.32 Å². The Morgan fingerprint density at radius 1 is 0.941 bits per heavy atom. The summed E-state index contributed by atoms with van der Waals surface area (Å²) in [6, 6.07) is 22.2. The van der Waals surface area contributed by atoms with Crippen molar-refractivity contribution in [2.45, 2.75) is 20.5 Å². The van der Waals surface area contributed by atoms with Gasteiger partial charge in [0.2, 0.25) is 15.9 Å². The van der Waals surface area contributed by atoms with Gasteiger partial charge in [0.25, 0.3) is 0 Å². The van der Waals surface area contributed by atoms with Gasteiger partial charge in [-0.15, -0.1) is 0 Å². The Bertz CT molecular complexity index is 1200. The Labute approximate surface area is 201 Å². The topological polar surface area (TPSA) is 84.9 Å². The van der Waals surface area contributed by atoms with Gasteiger partial charge in [-0.2, -0.15) is 0 Å². The second-order valence-corrected chi connectivity index (χ2v) is 9.91. The van der Waals surface area contributed by atoms with Crippen LogP contribution in [0.1, 0.15) is 16.7 Å². The lowest BCUT2D eigenvalue weighted by atomic mass is 10.1. The van der Waals surface area contributed by atoms with E-state index in [0.29, 0.717) is 18.0 Å². The number of carbonyl (C=O) groups is 1. The van der Waals surface area contributed by atoms with Gasteiger partial charge in [-0.1, -0.05) is 48.0 Å². The normalized spacial score (nSPS) is 11.0. The summed E-state index contributed by atoms with van der Waals surface area (Å²) < 4.78 is 37.2. The molecule has 7 nitrogen and oxygen atoms in total. The molecular weight excluding hydrogens is 452 g/mol. The van der Waals surface area contributed by atoms with Crippen molar-refractivity contribution in [2.24, 2.45) is 0 Å². The maximum Gasteiger partial charge on any atom is 0.240 e. The fourth-order valence-corrected chi connectivity index (χ4v) is 4.21. The molecule has 180 valence electrons. The van der Waals surface area contributed by atoms with Crippen molar-refractivity contribution in [2.75, 3.05) is 30.3 Å². The van der Waals surface area contributed by atoms with Crippen LogP contribution in [0.25, 0.3) is 0 Å². The zero-order chi connectivity index (χ0) is 24.6. The van der Waals surface area contributed by atoms with Crippen LogP contribution in [0.3, 0.4) is 0 Å². The highest BCUT2D eigenvalue weighted by Gasteiger charge is 2.20. The average Bonchev–Trinajstić information content (AvgIpc) is 2.80. The lowest BCUT2D eigenvalue weighted by Crippen LogP contribution is -2.41. The zero-order valence-corrected chi connectivity index (χ0v) is 20.5. The SMILES string of the molecule is Cc1ccc(OCCNC(=O)CN(c2ccc(OCc3ccccc3)cc2)S(C)(=O)=O)c(C)c1. The molecule has 0 spiro atoms. The Hall–Kier alpha value is -3.52. The van der Waals surface area contributed by atoms with Crippen molar-refractivity contribution in [1.29, 1.82) is 0 Å². The molecule has 3 aromatic carbocycles. The number of ether oxygens (including phenoxy) is 2. The molecule has 0 saturated carbocycles. The molecule has 0 radical (unpaired) electrons. The largest absolute Gasteiger partial charge is 0.491 e. The molecular formula is C26H30N2O5S. The minimum Gasteiger partial charge on any atom is -0.491 e. The van der Waals surface area contributed by atoms with Gasteiger partial charge in [0, 0.05) is 0 Å². The summed E-state index contributed by atoms with van der Waals surface area (Å²) in [6.45, 7) is 4.59. The Morgan fingerprint density at radius 3 is 2.29 bits per heavy atom. The summed E-state index contributed by atoms with van der Waals surface area (Å²) in [5.74, 6) is 0.945. The highest BCUT2D eigenvalue weighted by atomic mass is 32.2. The third-order valence-corrected chi connectivity index (χ3v) is 6.21. The second kappa shape index (κ2) is 11.6. The molecule has 0 fully saturated rings. The number of hydrogen-bond acceptors (Lipinski definition) is 5. The molecule has 1 N–H and O–H groups in total. The molecule has 0 bridgehead atoms. The lowest BCUT2D eigenvalue weighted by Gasteiger charge is -2.22. The van der Waals surface area contributed by atoms with Crippen LogP contribution in [0, 0.1) is 13.8 Å². The fraction of sp³-hybridized carbons (Fsp3) is 0.269. The lowest BCUT2D eigenvalue weighted by molar-refractivity contribution is -0.119. The first-order valence-electron chi connectivity index (χ1n) is 10.9. The van der Waals surface area contributed by atoms with Crippen LogP contribution in [-0.2, 0) is 21.4 Å². The number of benzene rings is 3. The second-order valence-electron chi connectivity index (χ2n) is 8.01. The Balaban J connectivity index is 1.53. The van der Waals surface area contributed by atoms with Crippen molar-refractivity contribution in [3.63, 3.8) is 0 Å². The molecule has 8 heteroatoms. The summed E-state index contributed by atoms with van der Waals surface area (Å²) in [5, 5.41) is 2.71. The number of anilines is 1. The first kappa shape index (κ1) is 25.1. The smallest absolute Gasteiger partial charge is 0.240 e. The van der Waals surface area contributed by atoms with E-state index in [1.165, 1.54) is 0 Å². The molecule has 3 rings (SSSR count). The molecule has 0 aliphatic carbocycles. The number of sulfonamides is 1. The van der Waals surface area contributed by atoms with Crippen molar-refractivity contribution in [1.82, 2.24) is 5.32 Å². The number of carbonyl (C=O) groups excluding carboxylic acids is 1. The number of rotatable bonds is 11. The van der Waals surface area contributed by atoms with Crippen LogP contribution in [0.5, 0.6) is 11.5 Å². The van der Waals surface area contributed by atoms with E-state index < -0.39 is 15.9 Å². The Morgan fingerprint density at radius 2 is 1.65 bits per heavy atom. The molecule has 0 atom stereocenters. The van der Waals surface area contributed by atoms with E-state index in [-0.39, 0.29) is 19.7 Å². The van der Waals surface area contributed by atoms with E-state index in [0.717, 1.165) is 33.0 Å². The first-order chi connectivity index (χ1) is 16.2. The molecule has 0 unspecified atom stereocenters. The number of aryl methyl sites for hydroxylation is 2. The number of nitrogens with zero attached hydrogens (tertiary/aromatic N) is 1. The molecule has 0 heterocycles.